The van der Waals surface area contributed by atoms with Crippen molar-refractivity contribution in [1.82, 2.24) is 4.90 Å². The van der Waals surface area contributed by atoms with E-state index in [2.05, 4.69) is 11.7 Å². The molecule has 2 amide bonds. The Morgan fingerprint density at radius 3 is 2.50 bits per heavy atom. The Morgan fingerprint density at radius 1 is 1.03 bits per heavy atom. The van der Waals surface area contributed by atoms with Crippen LogP contribution in [0, 0.1) is 0 Å². The van der Waals surface area contributed by atoms with E-state index in [1.54, 1.807) is 4.90 Å². The SMILES string of the molecule is CCCCCCN1C(=O)/C(=C2\SC(=S)N(CCCC(=O)OC)C2=O)c2ccccc21. The second-order valence-corrected chi connectivity index (χ2v) is 8.89. The average molecular weight is 447 g/mol. The predicted molar refractivity (Wildman–Crippen MR) is 123 cm³/mol. The van der Waals surface area contributed by atoms with Gasteiger partial charge in [-0.15, -0.1) is 0 Å². The summed E-state index contributed by atoms with van der Waals surface area (Å²) in [4.78, 5) is 41.4. The van der Waals surface area contributed by atoms with Crippen molar-refractivity contribution in [3.63, 3.8) is 0 Å². The molecule has 2 aliphatic heterocycles. The Bertz CT molecular complexity index is 897. The minimum Gasteiger partial charge on any atom is -0.469 e. The van der Waals surface area contributed by atoms with E-state index in [0.29, 0.717) is 34.3 Å². The number of carbonyl (C=O) groups excluding carboxylic acids is 3. The lowest BCUT2D eigenvalue weighted by molar-refractivity contribution is -0.141. The topological polar surface area (TPSA) is 66.9 Å². The number of esters is 1. The molecular weight excluding hydrogens is 420 g/mol. The zero-order valence-corrected chi connectivity index (χ0v) is 18.9. The molecule has 1 fully saturated rings. The average Bonchev–Trinajstić information content (AvgIpc) is 3.18. The van der Waals surface area contributed by atoms with Gasteiger partial charge in [0.2, 0.25) is 0 Å². The van der Waals surface area contributed by atoms with Crippen LogP contribution in [0.2, 0.25) is 0 Å². The first-order valence-electron chi connectivity index (χ1n) is 10.3. The number of benzene rings is 1. The van der Waals surface area contributed by atoms with Crippen LogP contribution in [-0.2, 0) is 19.1 Å². The van der Waals surface area contributed by atoms with Crippen LogP contribution in [0.1, 0.15) is 51.0 Å². The normalized spacial score (nSPS) is 18.4. The standard InChI is InChI=1S/C22H26N2O4S2/c1-3-4-5-8-13-23-16-11-7-6-10-15(16)18(20(23)26)19-21(27)24(22(29)30-19)14-9-12-17(25)28-2/h6-7,10-11H,3-5,8-9,12-14H2,1-2H3/b19-18-. The third-order valence-corrected chi connectivity index (χ3v) is 6.67. The quantitative estimate of drug-likeness (QED) is 0.246. The van der Waals surface area contributed by atoms with Crippen molar-refractivity contribution in [1.29, 1.82) is 0 Å². The van der Waals surface area contributed by atoms with Crippen molar-refractivity contribution in [2.45, 2.75) is 45.4 Å². The molecule has 1 aromatic rings. The number of thioether (sulfide) groups is 1. The van der Waals surface area contributed by atoms with E-state index in [1.807, 2.05) is 24.3 Å². The van der Waals surface area contributed by atoms with Crippen LogP contribution in [-0.4, -0.2) is 47.2 Å². The molecule has 0 saturated carbocycles. The third kappa shape index (κ3) is 4.59. The Labute approximate surface area is 186 Å². The Morgan fingerprint density at radius 2 is 1.77 bits per heavy atom. The van der Waals surface area contributed by atoms with Crippen LogP contribution < -0.4 is 4.90 Å². The van der Waals surface area contributed by atoms with Gasteiger partial charge in [0.15, 0.2) is 0 Å². The van der Waals surface area contributed by atoms with E-state index in [-0.39, 0.29) is 24.2 Å². The number of para-hydroxylation sites is 1. The van der Waals surface area contributed by atoms with Crippen LogP contribution in [0.25, 0.3) is 5.57 Å². The highest BCUT2D eigenvalue weighted by Gasteiger charge is 2.41. The fourth-order valence-electron chi connectivity index (χ4n) is 3.64. The van der Waals surface area contributed by atoms with Gasteiger partial charge < -0.3 is 9.64 Å². The molecule has 0 radical (unpaired) electrons. The number of rotatable bonds is 9. The fraction of sp³-hybridized carbons (Fsp3) is 0.455. The molecule has 2 aliphatic rings. The van der Waals surface area contributed by atoms with E-state index in [9.17, 15) is 14.4 Å². The summed E-state index contributed by atoms with van der Waals surface area (Å²) < 4.78 is 5.06. The molecule has 30 heavy (non-hydrogen) atoms. The van der Waals surface area contributed by atoms with Crippen LogP contribution in [0.15, 0.2) is 29.2 Å². The summed E-state index contributed by atoms with van der Waals surface area (Å²) in [7, 11) is 1.34. The first-order chi connectivity index (χ1) is 14.5. The number of anilines is 1. The van der Waals surface area contributed by atoms with Crippen molar-refractivity contribution in [3.8, 4) is 0 Å². The first kappa shape index (κ1) is 22.5. The molecule has 160 valence electrons. The number of unbranched alkanes of at least 4 members (excludes halogenated alkanes) is 3. The first-order valence-corrected chi connectivity index (χ1v) is 11.5. The minimum atomic E-state index is -0.322. The van der Waals surface area contributed by atoms with Crippen molar-refractivity contribution >= 4 is 57.3 Å². The van der Waals surface area contributed by atoms with Crippen molar-refractivity contribution in [2.75, 3.05) is 25.1 Å². The molecule has 0 bridgehead atoms. The fourth-order valence-corrected chi connectivity index (χ4v) is 5.02. The summed E-state index contributed by atoms with van der Waals surface area (Å²) in [6, 6.07) is 7.60. The molecule has 0 spiro atoms. The Kier molecular flexibility index (Phi) is 7.66. The van der Waals surface area contributed by atoms with Gasteiger partial charge in [0, 0.05) is 25.1 Å². The van der Waals surface area contributed by atoms with Crippen LogP contribution in [0.4, 0.5) is 5.69 Å². The summed E-state index contributed by atoms with van der Waals surface area (Å²) >= 11 is 6.56. The lowest BCUT2D eigenvalue weighted by Gasteiger charge is -2.17. The van der Waals surface area contributed by atoms with Crippen molar-refractivity contribution in [3.05, 3.63) is 34.7 Å². The van der Waals surface area contributed by atoms with E-state index in [0.717, 1.165) is 36.9 Å². The highest BCUT2D eigenvalue weighted by Crippen LogP contribution is 2.44. The van der Waals surface area contributed by atoms with Gasteiger partial charge in [-0.1, -0.05) is 68.4 Å². The van der Waals surface area contributed by atoms with E-state index < -0.39 is 0 Å². The molecule has 3 rings (SSSR count). The van der Waals surface area contributed by atoms with Gasteiger partial charge in [0.25, 0.3) is 11.8 Å². The molecule has 1 saturated heterocycles. The van der Waals surface area contributed by atoms with Crippen molar-refractivity contribution in [2.24, 2.45) is 0 Å². The molecule has 0 atom stereocenters. The molecule has 6 nitrogen and oxygen atoms in total. The number of amides is 2. The minimum absolute atomic E-state index is 0.136. The summed E-state index contributed by atoms with van der Waals surface area (Å²) in [6.45, 7) is 3.12. The maximum Gasteiger partial charge on any atom is 0.305 e. The summed E-state index contributed by atoms with van der Waals surface area (Å²) in [5.41, 5.74) is 2.08. The number of fused-ring (bicyclic) bond motifs is 1. The molecule has 0 unspecified atom stereocenters. The van der Waals surface area contributed by atoms with Gasteiger partial charge in [-0.25, -0.2) is 0 Å². The highest BCUT2D eigenvalue weighted by molar-refractivity contribution is 8.26. The summed E-state index contributed by atoms with van der Waals surface area (Å²) in [5.74, 6) is -0.721. The monoisotopic (exact) mass is 446 g/mol. The van der Waals surface area contributed by atoms with Crippen LogP contribution in [0.5, 0.6) is 0 Å². The van der Waals surface area contributed by atoms with Crippen LogP contribution in [0.3, 0.4) is 0 Å². The maximum absolute atomic E-state index is 13.3. The lowest BCUT2D eigenvalue weighted by atomic mass is 10.1. The van der Waals surface area contributed by atoms with E-state index in [1.165, 1.54) is 23.8 Å². The molecule has 0 aliphatic carbocycles. The molecule has 2 heterocycles. The largest absolute Gasteiger partial charge is 0.469 e. The number of thiocarbonyl (C=S) groups is 1. The molecule has 0 N–H and O–H groups in total. The van der Waals surface area contributed by atoms with Gasteiger partial charge in [0.1, 0.15) is 4.32 Å². The van der Waals surface area contributed by atoms with Gasteiger partial charge in [-0.05, 0) is 18.9 Å². The summed E-state index contributed by atoms with van der Waals surface area (Å²) in [5, 5.41) is 0. The molecule has 8 heteroatoms. The zero-order valence-electron chi connectivity index (χ0n) is 17.3. The van der Waals surface area contributed by atoms with Crippen molar-refractivity contribution < 1.29 is 19.1 Å². The number of hydrogen-bond donors (Lipinski definition) is 0. The molecule has 1 aromatic carbocycles. The number of hydrogen-bond acceptors (Lipinski definition) is 6. The number of carbonyl (C=O) groups is 3. The number of nitrogens with zero attached hydrogens (tertiary/aromatic N) is 2. The van der Waals surface area contributed by atoms with Gasteiger partial charge in [-0.3, -0.25) is 19.3 Å². The predicted octanol–water partition coefficient (Wildman–Crippen LogP) is 4.14. The summed E-state index contributed by atoms with van der Waals surface area (Å²) in [6.07, 6.45) is 4.94. The van der Waals surface area contributed by atoms with Gasteiger partial charge >= 0.3 is 5.97 Å². The Hall–Kier alpha value is -2.19. The second-order valence-electron chi connectivity index (χ2n) is 7.24. The molecular formula is C22H26N2O4S2. The maximum atomic E-state index is 13.3. The number of methoxy groups -OCH3 is 1. The third-order valence-electron chi connectivity index (χ3n) is 5.22. The smallest absolute Gasteiger partial charge is 0.305 e. The van der Waals surface area contributed by atoms with Gasteiger partial charge in [-0.2, -0.15) is 0 Å². The Balaban J connectivity index is 1.83. The van der Waals surface area contributed by atoms with Crippen LogP contribution >= 0.6 is 24.0 Å². The zero-order chi connectivity index (χ0) is 21.7. The van der Waals surface area contributed by atoms with E-state index in [4.69, 9.17) is 12.2 Å². The highest BCUT2D eigenvalue weighted by atomic mass is 32.2. The van der Waals surface area contributed by atoms with Gasteiger partial charge in [0.05, 0.1) is 23.3 Å². The lowest BCUT2D eigenvalue weighted by Crippen LogP contribution is -2.30. The van der Waals surface area contributed by atoms with E-state index >= 15 is 0 Å². The molecule has 0 aromatic heterocycles. The number of ether oxygens (including phenoxy) is 1. The second kappa shape index (κ2) is 10.2.